The van der Waals surface area contributed by atoms with Gasteiger partial charge in [-0.05, 0) is 25.3 Å². The molecule has 2 atom stereocenters. The Balaban J connectivity index is 1.29. The Labute approximate surface area is 166 Å². The number of rotatable bonds is 6. The van der Waals surface area contributed by atoms with Crippen LogP contribution in [-0.4, -0.2) is 56.9 Å². The van der Waals surface area contributed by atoms with E-state index in [9.17, 15) is 14.0 Å². The van der Waals surface area contributed by atoms with Crippen LogP contribution in [0.2, 0.25) is 0 Å². The summed E-state index contributed by atoms with van der Waals surface area (Å²) in [4.78, 5) is 24.3. The molecule has 4 rings (SSSR count). The van der Waals surface area contributed by atoms with Gasteiger partial charge in [0.05, 0.1) is 17.8 Å². The molecule has 3 N–H and O–H groups in total. The quantitative estimate of drug-likeness (QED) is 0.673. The van der Waals surface area contributed by atoms with Crippen LogP contribution in [0.15, 0.2) is 18.3 Å². The Bertz CT molecular complexity index is 887. The van der Waals surface area contributed by atoms with Crippen LogP contribution in [0.5, 0.6) is 0 Å². The number of nitrogens with one attached hydrogen (secondary N) is 3. The van der Waals surface area contributed by atoms with Crippen molar-refractivity contribution in [3.8, 4) is 0 Å². The number of aromatic nitrogens is 4. The zero-order chi connectivity index (χ0) is 20.4. The lowest BCUT2D eigenvalue weighted by Crippen LogP contribution is -2.55. The maximum Gasteiger partial charge on any atom is 0.408 e. The number of nitrogens with zero attached hydrogens (tertiary/aromatic N) is 3. The molecule has 1 saturated heterocycles. The van der Waals surface area contributed by atoms with E-state index < -0.39 is 24.4 Å². The summed E-state index contributed by atoms with van der Waals surface area (Å²) in [6, 6.07) is 3.28. The van der Waals surface area contributed by atoms with Crippen LogP contribution in [0.25, 0.3) is 0 Å². The third kappa shape index (κ3) is 4.09. The van der Waals surface area contributed by atoms with Crippen molar-refractivity contribution in [2.75, 3.05) is 18.6 Å². The van der Waals surface area contributed by atoms with Gasteiger partial charge in [-0.2, -0.15) is 10.2 Å². The highest BCUT2D eigenvalue weighted by molar-refractivity contribution is 6.02. The van der Waals surface area contributed by atoms with Crippen molar-refractivity contribution in [2.45, 2.75) is 43.4 Å². The molecule has 2 aromatic rings. The van der Waals surface area contributed by atoms with Gasteiger partial charge in [-0.25, -0.2) is 9.18 Å². The molecule has 11 heteroatoms. The van der Waals surface area contributed by atoms with Crippen LogP contribution in [0, 0.1) is 0 Å². The first-order valence-electron chi connectivity index (χ1n) is 9.49. The van der Waals surface area contributed by atoms with E-state index in [2.05, 4.69) is 25.9 Å². The number of amides is 2. The molecule has 0 aromatic carbocycles. The predicted molar refractivity (Wildman–Crippen MR) is 99.0 cm³/mol. The first-order chi connectivity index (χ1) is 14.0. The monoisotopic (exact) mass is 406 g/mol. The van der Waals surface area contributed by atoms with Crippen LogP contribution in [0.3, 0.4) is 0 Å². The molecular formula is C18H23FN6O4. The van der Waals surface area contributed by atoms with Crippen LogP contribution < -0.4 is 10.6 Å². The molecule has 1 aliphatic heterocycles. The molecule has 1 aliphatic carbocycles. The van der Waals surface area contributed by atoms with Crippen LogP contribution in [-0.2, 0) is 16.5 Å². The van der Waals surface area contributed by atoms with Gasteiger partial charge in [0.25, 0.3) is 5.91 Å². The number of alkyl carbamates (subject to hydrolysis) is 1. The number of alkyl halides is 1. The maximum absolute atomic E-state index is 13.1. The van der Waals surface area contributed by atoms with Crippen LogP contribution >= 0.6 is 0 Å². The zero-order valence-corrected chi connectivity index (χ0v) is 16.0. The minimum Gasteiger partial charge on any atom is -0.444 e. The molecule has 0 bridgehead atoms. The van der Waals surface area contributed by atoms with E-state index in [0.29, 0.717) is 36.5 Å². The fraction of sp³-hybridized carbons (Fsp3) is 0.556. The van der Waals surface area contributed by atoms with Gasteiger partial charge in [0.15, 0.2) is 5.82 Å². The third-order valence-corrected chi connectivity index (χ3v) is 5.41. The number of halogens is 1. The number of carbonyl (C=O) groups excluding carboxylic acids is 2. The number of carbonyl (C=O) groups is 2. The number of hydrogen-bond acceptors (Lipinski definition) is 6. The number of aryl methyl sites for hydroxylation is 1. The van der Waals surface area contributed by atoms with Gasteiger partial charge in [-0.1, -0.05) is 0 Å². The molecule has 0 spiro atoms. The fourth-order valence-electron chi connectivity index (χ4n) is 3.53. The highest BCUT2D eigenvalue weighted by atomic mass is 19.1. The number of aromatic amines is 1. The summed E-state index contributed by atoms with van der Waals surface area (Å²) in [5, 5.41) is 16.2. The minimum atomic E-state index is -0.764. The first-order valence-corrected chi connectivity index (χ1v) is 9.49. The lowest BCUT2D eigenvalue weighted by atomic mass is 9.78. The van der Waals surface area contributed by atoms with Crippen molar-refractivity contribution in [1.29, 1.82) is 0 Å². The molecular weight excluding hydrogens is 383 g/mol. The normalized spacial score (nSPS) is 22.7. The predicted octanol–water partition coefficient (Wildman–Crippen LogP) is 1.84. The average Bonchev–Trinajstić information content (AvgIpc) is 3.39. The summed E-state index contributed by atoms with van der Waals surface area (Å²) in [5.74, 6) is 0.0258. The highest BCUT2D eigenvalue weighted by Crippen LogP contribution is 2.33. The summed E-state index contributed by atoms with van der Waals surface area (Å²) in [6.45, 7) is -0.357. The summed E-state index contributed by atoms with van der Waals surface area (Å²) in [5.41, 5.74) is 0.306. The Morgan fingerprint density at radius 2 is 2.31 bits per heavy atom. The second-order valence-electron chi connectivity index (χ2n) is 7.48. The second kappa shape index (κ2) is 7.82. The van der Waals surface area contributed by atoms with E-state index in [4.69, 9.17) is 9.47 Å². The number of H-pyrrole nitrogens is 1. The smallest absolute Gasteiger partial charge is 0.408 e. The topological polar surface area (TPSA) is 123 Å². The summed E-state index contributed by atoms with van der Waals surface area (Å²) in [7, 11) is 1.67. The fourth-order valence-corrected chi connectivity index (χ4v) is 3.53. The van der Waals surface area contributed by atoms with E-state index in [-0.39, 0.29) is 18.6 Å². The molecule has 2 aromatic heterocycles. The van der Waals surface area contributed by atoms with Gasteiger partial charge in [-0.15, -0.1) is 0 Å². The molecule has 29 heavy (non-hydrogen) atoms. The largest absolute Gasteiger partial charge is 0.444 e. The van der Waals surface area contributed by atoms with Crippen LogP contribution in [0.4, 0.5) is 15.0 Å². The van der Waals surface area contributed by atoms with Gasteiger partial charge in [0, 0.05) is 25.7 Å². The van der Waals surface area contributed by atoms with Crippen LogP contribution in [0.1, 0.15) is 48.0 Å². The van der Waals surface area contributed by atoms with Gasteiger partial charge in [-0.3, -0.25) is 14.6 Å². The number of ether oxygens (including phenoxy) is 2. The SMILES string of the molecule is Cn1nccc1C(=O)Nc1cc([C@@H]2C[C@H](OC(=O)NC3(CF)CCC3)CO2)[nH]n1. The summed E-state index contributed by atoms with van der Waals surface area (Å²) < 4.78 is 25.6. The van der Waals surface area contributed by atoms with Crippen molar-refractivity contribution >= 4 is 17.8 Å². The van der Waals surface area contributed by atoms with Crippen molar-refractivity contribution in [1.82, 2.24) is 25.3 Å². The van der Waals surface area contributed by atoms with Crippen molar-refractivity contribution in [3.05, 3.63) is 29.7 Å². The van der Waals surface area contributed by atoms with Crippen molar-refractivity contribution < 1.29 is 23.5 Å². The third-order valence-electron chi connectivity index (χ3n) is 5.41. The van der Waals surface area contributed by atoms with Gasteiger partial charge in [0.2, 0.25) is 0 Å². The molecule has 2 aliphatic rings. The molecule has 10 nitrogen and oxygen atoms in total. The second-order valence-corrected chi connectivity index (χ2v) is 7.48. The Morgan fingerprint density at radius 1 is 1.48 bits per heavy atom. The summed E-state index contributed by atoms with van der Waals surface area (Å²) in [6.07, 6.45) is 2.73. The van der Waals surface area contributed by atoms with E-state index >= 15 is 0 Å². The van der Waals surface area contributed by atoms with E-state index in [0.717, 1.165) is 6.42 Å². The molecule has 0 radical (unpaired) electrons. The van der Waals surface area contributed by atoms with Gasteiger partial charge < -0.3 is 20.1 Å². The average molecular weight is 406 g/mol. The molecule has 2 amide bonds. The lowest BCUT2D eigenvalue weighted by Gasteiger charge is -2.39. The standard InChI is InChI=1S/C18H23FN6O4/c1-25-13(3-6-20-25)16(26)21-15-8-12(23-24-15)14-7-11(9-28-14)29-17(27)22-18(10-19)4-2-5-18/h3,6,8,11,14H,2,4-5,7,9-10H2,1H3,(H,22,27)(H2,21,23,24,26)/t11-,14-/m0/s1. The molecule has 2 fully saturated rings. The Kier molecular flexibility index (Phi) is 5.22. The molecule has 0 unspecified atom stereocenters. The number of anilines is 1. The first kappa shape index (κ1) is 19.4. The Hall–Kier alpha value is -2.95. The molecule has 3 heterocycles. The molecule has 1 saturated carbocycles. The van der Waals surface area contributed by atoms with E-state index in [1.807, 2.05) is 0 Å². The maximum atomic E-state index is 13.1. The zero-order valence-electron chi connectivity index (χ0n) is 16.0. The van der Waals surface area contributed by atoms with E-state index in [1.165, 1.54) is 10.9 Å². The lowest BCUT2D eigenvalue weighted by molar-refractivity contribution is 0.0543. The minimum absolute atomic E-state index is 0.233. The summed E-state index contributed by atoms with van der Waals surface area (Å²) >= 11 is 0. The Morgan fingerprint density at radius 3 is 2.97 bits per heavy atom. The van der Waals surface area contributed by atoms with Gasteiger partial charge >= 0.3 is 6.09 Å². The van der Waals surface area contributed by atoms with Crippen molar-refractivity contribution in [3.63, 3.8) is 0 Å². The molecule has 156 valence electrons. The van der Waals surface area contributed by atoms with Gasteiger partial charge in [0.1, 0.15) is 24.6 Å². The van der Waals surface area contributed by atoms with Crippen molar-refractivity contribution in [2.24, 2.45) is 7.05 Å². The van der Waals surface area contributed by atoms with E-state index in [1.54, 1.807) is 19.2 Å². The highest BCUT2D eigenvalue weighted by Gasteiger charge is 2.40. The number of hydrogen-bond donors (Lipinski definition) is 3.